The minimum atomic E-state index is -2.68. The average Bonchev–Trinajstić information content (AvgIpc) is 2.72. The molecular formula is C14H13ClF2N2O2. The van der Waals surface area contributed by atoms with Crippen LogP contribution in [0.2, 0.25) is 5.02 Å². The molecule has 0 unspecified atom stereocenters. The summed E-state index contributed by atoms with van der Waals surface area (Å²) in [6.45, 7) is 2.71. The van der Waals surface area contributed by atoms with Crippen LogP contribution in [-0.2, 0) is 4.74 Å². The lowest BCUT2D eigenvalue weighted by Crippen LogP contribution is -2.11. The van der Waals surface area contributed by atoms with Gasteiger partial charge in [0.15, 0.2) is 6.61 Å². The third-order valence-corrected chi connectivity index (χ3v) is 3.44. The van der Waals surface area contributed by atoms with Crippen molar-refractivity contribution < 1.29 is 18.3 Å². The van der Waals surface area contributed by atoms with Crippen LogP contribution in [0.1, 0.15) is 21.7 Å². The van der Waals surface area contributed by atoms with E-state index in [1.54, 1.807) is 23.7 Å². The molecule has 0 atom stereocenters. The maximum absolute atomic E-state index is 12.0. The Kier molecular flexibility index (Phi) is 4.57. The van der Waals surface area contributed by atoms with Gasteiger partial charge in [-0.3, -0.25) is 0 Å². The molecule has 1 aromatic carbocycles. The van der Waals surface area contributed by atoms with Crippen molar-refractivity contribution >= 4 is 17.6 Å². The average molecular weight is 315 g/mol. The van der Waals surface area contributed by atoms with Crippen LogP contribution in [0.4, 0.5) is 8.78 Å². The zero-order valence-corrected chi connectivity index (χ0v) is 12.2. The molecule has 0 saturated heterocycles. The number of alkyl halides is 2. The summed E-state index contributed by atoms with van der Waals surface area (Å²) in [5.74, 6) is -0.784. The number of esters is 1. The molecule has 21 heavy (non-hydrogen) atoms. The van der Waals surface area contributed by atoms with Crippen LogP contribution in [0.25, 0.3) is 5.69 Å². The topological polar surface area (TPSA) is 44.1 Å². The first kappa shape index (κ1) is 15.4. The first-order chi connectivity index (χ1) is 9.90. The molecule has 0 radical (unpaired) electrons. The fourth-order valence-electron chi connectivity index (χ4n) is 1.84. The van der Waals surface area contributed by atoms with E-state index < -0.39 is 19.0 Å². The Morgan fingerprint density at radius 2 is 1.95 bits per heavy atom. The molecule has 2 rings (SSSR count). The first-order valence-corrected chi connectivity index (χ1v) is 6.55. The Labute approximate surface area is 125 Å². The number of hydrogen-bond acceptors (Lipinski definition) is 3. The number of hydrogen-bond donors (Lipinski definition) is 0. The largest absolute Gasteiger partial charge is 0.456 e. The number of halogens is 3. The van der Waals surface area contributed by atoms with Crippen molar-refractivity contribution in [3.05, 3.63) is 46.2 Å². The van der Waals surface area contributed by atoms with Crippen molar-refractivity contribution in [3.8, 4) is 5.69 Å². The number of benzene rings is 1. The van der Waals surface area contributed by atoms with Crippen LogP contribution < -0.4 is 0 Å². The van der Waals surface area contributed by atoms with Crippen LogP contribution in [0.5, 0.6) is 0 Å². The molecule has 2 aromatic rings. The van der Waals surface area contributed by atoms with Crippen molar-refractivity contribution in [1.82, 2.24) is 9.78 Å². The van der Waals surface area contributed by atoms with Gasteiger partial charge in [0, 0.05) is 0 Å². The van der Waals surface area contributed by atoms with E-state index in [4.69, 9.17) is 11.6 Å². The Balaban J connectivity index is 2.19. The second-order valence-corrected chi connectivity index (χ2v) is 4.81. The highest BCUT2D eigenvalue weighted by atomic mass is 35.5. The Morgan fingerprint density at radius 1 is 1.33 bits per heavy atom. The molecule has 0 aliphatic rings. The van der Waals surface area contributed by atoms with E-state index in [0.29, 0.717) is 16.4 Å². The molecular weight excluding hydrogens is 302 g/mol. The lowest BCUT2D eigenvalue weighted by Gasteiger charge is -2.07. The van der Waals surface area contributed by atoms with E-state index in [1.807, 2.05) is 6.92 Å². The molecule has 7 heteroatoms. The number of carbonyl (C=O) groups is 1. The summed E-state index contributed by atoms with van der Waals surface area (Å²) < 4.78 is 30.1. The van der Waals surface area contributed by atoms with E-state index in [2.05, 4.69) is 9.84 Å². The summed E-state index contributed by atoms with van der Waals surface area (Å²) in [6.07, 6.45) is -2.68. The second-order valence-electron chi connectivity index (χ2n) is 4.43. The van der Waals surface area contributed by atoms with Gasteiger partial charge in [-0.1, -0.05) is 11.6 Å². The molecule has 0 bridgehead atoms. The maximum Gasteiger partial charge on any atom is 0.338 e. The van der Waals surface area contributed by atoms with Crippen LogP contribution >= 0.6 is 11.6 Å². The van der Waals surface area contributed by atoms with Gasteiger partial charge >= 0.3 is 5.97 Å². The summed E-state index contributed by atoms with van der Waals surface area (Å²) in [5.41, 5.74) is 2.40. The fraction of sp³-hybridized carbons (Fsp3) is 0.286. The monoisotopic (exact) mass is 314 g/mol. The van der Waals surface area contributed by atoms with Gasteiger partial charge in [0.1, 0.15) is 0 Å². The highest BCUT2D eigenvalue weighted by molar-refractivity contribution is 6.31. The van der Waals surface area contributed by atoms with E-state index in [-0.39, 0.29) is 5.56 Å². The van der Waals surface area contributed by atoms with Gasteiger partial charge in [-0.05, 0) is 38.1 Å². The summed E-state index contributed by atoms with van der Waals surface area (Å²) in [5, 5.41) is 4.86. The molecule has 112 valence electrons. The predicted octanol–water partition coefficient (Wildman–Crippen LogP) is 3.56. The standard InChI is InChI=1S/C14H13ClF2N2O2/c1-8-13(15)9(2)19(18-8)11-5-3-10(4-6-11)14(20)21-7-12(16)17/h3-6,12H,7H2,1-2H3. The SMILES string of the molecule is Cc1nn(-c2ccc(C(=O)OCC(F)F)cc2)c(C)c1Cl. The third kappa shape index (κ3) is 3.39. The summed E-state index contributed by atoms with van der Waals surface area (Å²) in [4.78, 5) is 11.5. The molecule has 0 spiro atoms. The number of nitrogens with zero attached hydrogens (tertiary/aromatic N) is 2. The zero-order chi connectivity index (χ0) is 15.6. The van der Waals surface area contributed by atoms with Crippen molar-refractivity contribution in [1.29, 1.82) is 0 Å². The molecule has 0 fully saturated rings. The van der Waals surface area contributed by atoms with E-state index in [1.165, 1.54) is 12.1 Å². The third-order valence-electron chi connectivity index (χ3n) is 2.89. The van der Waals surface area contributed by atoms with Gasteiger partial charge < -0.3 is 4.74 Å². The Bertz CT molecular complexity index is 654. The number of aryl methyl sites for hydroxylation is 1. The molecule has 0 aliphatic heterocycles. The molecule has 0 saturated carbocycles. The van der Waals surface area contributed by atoms with E-state index in [0.717, 1.165) is 5.69 Å². The van der Waals surface area contributed by atoms with Gasteiger partial charge in [0.25, 0.3) is 6.43 Å². The highest BCUT2D eigenvalue weighted by Crippen LogP contribution is 2.22. The zero-order valence-electron chi connectivity index (χ0n) is 11.4. The van der Waals surface area contributed by atoms with Crippen LogP contribution in [-0.4, -0.2) is 28.8 Å². The molecule has 1 heterocycles. The van der Waals surface area contributed by atoms with Crippen molar-refractivity contribution in [2.24, 2.45) is 0 Å². The van der Waals surface area contributed by atoms with Crippen LogP contribution in [0, 0.1) is 13.8 Å². The van der Waals surface area contributed by atoms with Crippen molar-refractivity contribution in [2.45, 2.75) is 20.3 Å². The lowest BCUT2D eigenvalue weighted by atomic mass is 10.2. The van der Waals surface area contributed by atoms with Crippen LogP contribution in [0.15, 0.2) is 24.3 Å². The first-order valence-electron chi connectivity index (χ1n) is 6.17. The second kappa shape index (κ2) is 6.22. The van der Waals surface area contributed by atoms with Crippen molar-refractivity contribution in [3.63, 3.8) is 0 Å². The van der Waals surface area contributed by atoms with Gasteiger partial charge in [-0.25, -0.2) is 18.3 Å². The van der Waals surface area contributed by atoms with Gasteiger partial charge in [-0.2, -0.15) is 5.10 Å². The Hall–Kier alpha value is -1.95. The number of rotatable bonds is 4. The quantitative estimate of drug-likeness (QED) is 0.810. The highest BCUT2D eigenvalue weighted by Gasteiger charge is 2.13. The molecule has 0 amide bonds. The molecule has 0 aliphatic carbocycles. The number of aromatic nitrogens is 2. The minimum Gasteiger partial charge on any atom is -0.456 e. The van der Waals surface area contributed by atoms with E-state index in [9.17, 15) is 13.6 Å². The van der Waals surface area contributed by atoms with Crippen molar-refractivity contribution in [2.75, 3.05) is 6.61 Å². The lowest BCUT2D eigenvalue weighted by molar-refractivity contribution is 0.0160. The summed E-state index contributed by atoms with van der Waals surface area (Å²) in [6, 6.07) is 6.28. The maximum atomic E-state index is 12.0. The normalized spacial score (nSPS) is 11.0. The predicted molar refractivity (Wildman–Crippen MR) is 74.3 cm³/mol. The van der Waals surface area contributed by atoms with Gasteiger partial charge in [-0.15, -0.1) is 0 Å². The number of carbonyl (C=O) groups excluding carboxylic acids is 1. The fourth-order valence-corrected chi connectivity index (χ4v) is 1.95. The number of ether oxygens (including phenoxy) is 1. The van der Waals surface area contributed by atoms with Gasteiger partial charge in [0.2, 0.25) is 0 Å². The summed E-state index contributed by atoms with van der Waals surface area (Å²) >= 11 is 6.07. The molecule has 4 nitrogen and oxygen atoms in total. The Morgan fingerprint density at radius 3 is 2.43 bits per heavy atom. The summed E-state index contributed by atoms with van der Waals surface area (Å²) in [7, 11) is 0. The van der Waals surface area contributed by atoms with E-state index >= 15 is 0 Å². The van der Waals surface area contributed by atoms with Gasteiger partial charge in [0.05, 0.1) is 27.7 Å². The smallest absolute Gasteiger partial charge is 0.338 e. The molecule has 0 N–H and O–H groups in total. The van der Waals surface area contributed by atoms with Crippen LogP contribution in [0.3, 0.4) is 0 Å². The minimum absolute atomic E-state index is 0.201. The molecule has 1 aromatic heterocycles.